The highest BCUT2D eigenvalue weighted by atomic mass is 19.1. The molecule has 3 rings (SSSR count). The summed E-state index contributed by atoms with van der Waals surface area (Å²) in [5.74, 6) is 0.345. The van der Waals surface area contributed by atoms with E-state index < -0.39 is 0 Å². The van der Waals surface area contributed by atoms with E-state index in [1.165, 1.54) is 6.07 Å². The molecule has 0 unspecified atom stereocenters. The van der Waals surface area contributed by atoms with Crippen LogP contribution in [0.4, 0.5) is 4.39 Å². The van der Waals surface area contributed by atoms with Gasteiger partial charge in [0.2, 0.25) is 0 Å². The van der Waals surface area contributed by atoms with Crippen molar-refractivity contribution >= 4 is 11.0 Å². The third kappa shape index (κ3) is 1.76. The molecule has 0 amide bonds. The van der Waals surface area contributed by atoms with Crippen LogP contribution in [0, 0.1) is 12.7 Å². The molecule has 0 radical (unpaired) electrons. The number of benzene rings is 2. The second-order valence-electron chi connectivity index (χ2n) is 4.62. The number of rotatable bonds is 1. The second kappa shape index (κ2) is 4.09. The maximum atomic E-state index is 13.7. The van der Waals surface area contributed by atoms with Crippen LogP contribution in [0.1, 0.15) is 5.56 Å². The van der Waals surface area contributed by atoms with Crippen LogP contribution in [0.2, 0.25) is 0 Å². The molecule has 0 saturated carbocycles. The van der Waals surface area contributed by atoms with Gasteiger partial charge in [-0.2, -0.15) is 0 Å². The molecule has 96 valence electrons. The van der Waals surface area contributed by atoms with E-state index in [4.69, 9.17) is 0 Å². The Kier molecular flexibility index (Phi) is 2.52. The lowest BCUT2D eigenvalue weighted by Crippen LogP contribution is -1.93. The van der Waals surface area contributed by atoms with Crippen LogP contribution in [0.5, 0.6) is 5.75 Å². The van der Waals surface area contributed by atoms with Crippen molar-refractivity contribution in [1.82, 2.24) is 9.55 Å². The lowest BCUT2D eigenvalue weighted by Gasteiger charge is -2.06. The number of phenolic OH excluding ortho intramolecular Hbond substituents is 1. The van der Waals surface area contributed by atoms with Crippen LogP contribution in [0.25, 0.3) is 22.4 Å². The van der Waals surface area contributed by atoms with Crippen LogP contribution in [0.3, 0.4) is 0 Å². The van der Waals surface area contributed by atoms with Gasteiger partial charge in [0.15, 0.2) is 5.82 Å². The summed E-state index contributed by atoms with van der Waals surface area (Å²) in [6, 6.07) is 10.1. The van der Waals surface area contributed by atoms with E-state index in [9.17, 15) is 9.50 Å². The fraction of sp³-hybridized carbons (Fsp3) is 0.133. The summed E-state index contributed by atoms with van der Waals surface area (Å²) in [6.07, 6.45) is 0. The molecule has 0 fully saturated rings. The van der Waals surface area contributed by atoms with Gasteiger partial charge in [-0.15, -0.1) is 0 Å². The summed E-state index contributed by atoms with van der Waals surface area (Å²) < 4.78 is 15.5. The number of aryl methyl sites for hydroxylation is 2. The number of aromatic hydroxyl groups is 1. The third-order valence-corrected chi connectivity index (χ3v) is 3.26. The molecule has 3 nitrogen and oxygen atoms in total. The highest BCUT2D eigenvalue weighted by molar-refractivity contribution is 5.82. The van der Waals surface area contributed by atoms with Gasteiger partial charge in [-0.25, -0.2) is 9.37 Å². The van der Waals surface area contributed by atoms with Gasteiger partial charge in [0.1, 0.15) is 17.1 Å². The predicted molar refractivity (Wildman–Crippen MR) is 72.5 cm³/mol. The zero-order valence-corrected chi connectivity index (χ0v) is 10.7. The quantitative estimate of drug-likeness (QED) is 0.724. The first-order valence-electron chi connectivity index (χ1n) is 5.99. The van der Waals surface area contributed by atoms with E-state index in [1.54, 1.807) is 16.7 Å². The number of aromatic nitrogens is 2. The molecular weight excluding hydrogens is 243 g/mol. The molecule has 0 aliphatic carbocycles. The van der Waals surface area contributed by atoms with Crippen molar-refractivity contribution < 1.29 is 9.50 Å². The van der Waals surface area contributed by atoms with Gasteiger partial charge >= 0.3 is 0 Å². The number of imidazole rings is 1. The number of fused-ring (bicyclic) bond motifs is 1. The summed E-state index contributed by atoms with van der Waals surface area (Å²) in [6.45, 7) is 1.94. The van der Waals surface area contributed by atoms with Crippen molar-refractivity contribution in [2.75, 3.05) is 0 Å². The van der Waals surface area contributed by atoms with Gasteiger partial charge in [-0.1, -0.05) is 17.7 Å². The largest absolute Gasteiger partial charge is 0.507 e. The summed E-state index contributed by atoms with van der Waals surface area (Å²) in [4.78, 5) is 4.31. The Morgan fingerprint density at radius 3 is 2.74 bits per heavy atom. The molecule has 1 aromatic heterocycles. The minimum Gasteiger partial charge on any atom is -0.507 e. The lowest BCUT2D eigenvalue weighted by molar-refractivity contribution is 0.476. The Morgan fingerprint density at radius 2 is 2.00 bits per heavy atom. The van der Waals surface area contributed by atoms with E-state index >= 15 is 0 Å². The van der Waals surface area contributed by atoms with Gasteiger partial charge in [-0.3, -0.25) is 0 Å². The van der Waals surface area contributed by atoms with Gasteiger partial charge in [-0.05, 0) is 31.2 Å². The normalized spacial score (nSPS) is 11.1. The van der Waals surface area contributed by atoms with E-state index in [-0.39, 0.29) is 11.6 Å². The van der Waals surface area contributed by atoms with Crippen molar-refractivity contribution in [1.29, 1.82) is 0 Å². The number of phenols is 1. The molecule has 0 spiro atoms. The number of halogens is 1. The minimum atomic E-state index is -0.355. The van der Waals surface area contributed by atoms with Crippen LogP contribution in [-0.2, 0) is 7.05 Å². The third-order valence-electron chi connectivity index (χ3n) is 3.26. The fourth-order valence-electron chi connectivity index (χ4n) is 2.25. The molecule has 3 aromatic rings. The molecule has 4 heteroatoms. The molecule has 19 heavy (non-hydrogen) atoms. The van der Waals surface area contributed by atoms with Gasteiger partial charge in [0.05, 0.1) is 11.1 Å². The molecule has 0 atom stereocenters. The maximum absolute atomic E-state index is 13.7. The van der Waals surface area contributed by atoms with Gasteiger partial charge in [0.25, 0.3) is 0 Å². The molecular formula is C15H13FN2O. The monoisotopic (exact) mass is 256 g/mol. The fourth-order valence-corrected chi connectivity index (χ4v) is 2.25. The maximum Gasteiger partial charge on any atom is 0.151 e. The second-order valence-corrected chi connectivity index (χ2v) is 4.62. The topological polar surface area (TPSA) is 38.1 Å². The van der Waals surface area contributed by atoms with Crippen LogP contribution < -0.4 is 0 Å². The Hall–Kier alpha value is -2.36. The summed E-state index contributed by atoms with van der Waals surface area (Å²) >= 11 is 0. The number of hydrogen-bond acceptors (Lipinski definition) is 2. The summed E-state index contributed by atoms with van der Waals surface area (Å²) in [5.41, 5.74) is 2.65. The Labute approximate surface area is 109 Å². The Bertz CT molecular complexity index is 777. The average Bonchev–Trinajstić information content (AvgIpc) is 2.72. The average molecular weight is 256 g/mol. The van der Waals surface area contributed by atoms with Crippen molar-refractivity contribution in [2.45, 2.75) is 6.92 Å². The number of para-hydroxylation sites is 1. The van der Waals surface area contributed by atoms with Crippen molar-refractivity contribution in [3.63, 3.8) is 0 Å². The molecule has 0 saturated heterocycles. The molecule has 2 aromatic carbocycles. The highest BCUT2D eigenvalue weighted by Gasteiger charge is 2.15. The van der Waals surface area contributed by atoms with E-state index in [1.807, 2.05) is 32.2 Å². The standard InChI is InChI=1S/C15H13FN2O/c1-9-6-7-13(19)10(8-9)15-17-14-11(16)4-3-5-12(14)18(15)2/h3-8,19H,1-2H3. The highest BCUT2D eigenvalue weighted by Crippen LogP contribution is 2.31. The zero-order chi connectivity index (χ0) is 13.6. The van der Waals surface area contributed by atoms with E-state index in [0.717, 1.165) is 5.56 Å². The smallest absolute Gasteiger partial charge is 0.151 e. The Morgan fingerprint density at radius 1 is 1.21 bits per heavy atom. The van der Waals surface area contributed by atoms with Crippen molar-refractivity contribution in [3.05, 3.63) is 47.8 Å². The van der Waals surface area contributed by atoms with Crippen LogP contribution in [0.15, 0.2) is 36.4 Å². The van der Waals surface area contributed by atoms with E-state index in [0.29, 0.717) is 22.4 Å². The summed E-state index contributed by atoms with van der Waals surface area (Å²) in [7, 11) is 1.81. The first-order valence-corrected chi connectivity index (χ1v) is 5.99. The molecule has 1 N–H and O–H groups in total. The lowest BCUT2D eigenvalue weighted by atomic mass is 10.1. The molecule has 0 aliphatic heterocycles. The van der Waals surface area contributed by atoms with E-state index in [2.05, 4.69) is 4.98 Å². The number of nitrogens with zero attached hydrogens (tertiary/aromatic N) is 2. The minimum absolute atomic E-state index is 0.143. The SMILES string of the molecule is Cc1ccc(O)c(-c2nc3c(F)cccc3n2C)c1. The summed E-state index contributed by atoms with van der Waals surface area (Å²) in [5, 5.41) is 9.96. The van der Waals surface area contributed by atoms with Crippen molar-refractivity contribution in [3.8, 4) is 17.1 Å². The molecule has 0 aliphatic rings. The molecule has 1 heterocycles. The first-order chi connectivity index (χ1) is 9.08. The Balaban J connectivity index is 2.34. The van der Waals surface area contributed by atoms with Gasteiger partial charge < -0.3 is 9.67 Å². The number of hydrogen-bond donors (Lipinski definition) is 1. The zero-order valence-electron chi connectivity index (χ0n) is 10.7. The van der Waals surface area contributed by atoms with Crippen LogP contribution in [-0.4, -0.2) is 14.7 Å². The predicted octanol–water partition coefficient (Wildman–Crippen LogP) is 3.39. The first kappa shape index (κ1) is 11.7. The van der Waals surface area contributed by atoms with Crippen LogP contribution >= 0.6 is 0 Å². The molecule has 0 bridgehead atoms. The van der Waals surface area contributed by atoms with Gasteiger partial charge in [0, 0.05) is 7.05 Å². The van der Waals surface area contributed by atoms with Crippen molar-refractivity contribution in [2.24, 2.45) is 7.05 Å².